The van der Waals surface area contributed by atoms with Crippen LogP contribution in [0.15, 0.2) is 48.5 Å². The van der Waals surface area contributed by atoms with E-state index in [1.54, 1.807) is 18.2 Å². The number of benzene rings is 2. The lowest BCUT2D eigenvalue weighted by Crippen LogP contribution is -2.47. The zero-order chi connectivity index (χ0) is 19.2. The number of nitrogens with zero attached hydrogens (tertiary/aromatic N) is 2. The molecule has 0 spiro atoms. The number of hydrogen-bond donors (Lipinski definition) is 2. The molecule has 0 aromatic heterocycles. The van der Waals surface area contributed by atoms with Crippen LogP contribution in [0.3, 0.4) is 0 Å². The summed E-state index contributed by atoms with van der Waals surface area (Å²) in [4.78, 5) is 29.0. The Labute approximate surface area is 159 Å². The molecule has 0 radical (unpaired) electrons. The minimum absolute atomic E-state index is 0.0149. The average molecular weight is 366 g/mol. The molecule has 2 amide bonds. The Hall–Kier alpha value is -2.86. The molecule has 2 aromatic rings. The number of likely N-dealkylation sites (N-methyl/N-ethyl adjacent to an activating group) is 1. The van der Waals surface area contributed by atoms with Gasteiger partial charge in [-0.05, 0) is 49.4 Å². The molecule has 2 aromatic carbocycles. The largest absolute Gasteiger partial charge is 0.399 e. The molecule has 0 unspecified atom stereocenters. The van der Waals surface area contributed by atoms with Gasteiger partial charge in [0.15, 0.2) is 0 Å². The van der Waals surface area contributed by atoms with E-state index < -0.39 is 0 Å². The zero-order valence-corrected chi connectivity index (χ0v) is 15.6. The van der Waals surface area contributed by atoms with Crippen molar-refractivity contribution in [2.24, 2.45) is 0 Å². The number of rotatable bonds is 5. The predicted molar refractivity (Wildman–Crippen MR) is 108 cm³/mol. The molecule has 27 heavy (non-hydrogen) atoms. The third kappa shape index (κ3) is 5.31. The van der Waals surface area contributed by atoms with Gasteiger partial charge in [0.2, 0.25) is 5.91 Å². The Morgan fingerprint density at radius 2 is 1.74 bits per heavy atom. The van der Waals surface area contributed by atoms with E-state index in [-0.39, 0.29) is 11.8 Å². The number of nitrogen functional groups attached to an aromatic ring is 1. The Morgan fingerprint density at radius 3 is 2.44 bits per heavy atom. The van der Waals surface area contributed by atoms with E-state index in [2.05, 4.69) is 17.3 Å². The molecular formula is C21H26N4O2. The van der Waals surface area contributed by atoms with Crippen LogP contribution in [-0.4, -0.2) is 54.8 Å². The molecule has 1 heterocycles. The molecule has 3 N–H and O–H groups in total. The minimum Gasteiger partial charge on any atom is -0.399 e. The molecule has 6 heteroatoms. The van der Waals surface area contributed by atoms with Crippen molar-refractivity contribution in [3.8, 4) is 0 Å². The van der Waals surface area contributed by atoms with E-state index in [4.69, 9.17) is 5.73 Å². The van der Waals surface area contributed by atoms with Gasteiger partial charge < -0.3 is 20.9 Å². The topological polar surface area (TPSA) is 78.7 Å². The summed E-state index contributed by atoms with van der Waals surface area (Å²) in [6.07, 6.45) is 1.02. The fraction of sp³-hybridized carbons (Fsp3) is 0.333. The van der Waals surface area contributed by atoms with Crippen LogP contribution in [0.25, 0.3) is 0 Å². The molecule has 0 saturated carbocycles. The standard InChI is InChI=1S/C21H26N4O2/c1-24-11-13-25(14-12-24)21(27)17-3-2-4-19(15-17)23-20(26)10-7-16-5-8-18(22)9-6-16/h2-6,8-9,15H,7,10-14,22H2,1H3,(H,23,26). The number of aryl methyl sites for hydroxylation is 1. The van der Waals surface area contributed by atoms with Crippen LogP contribution in [0.2, 0.25) is 0 Å². The molecule has 1 aliphatic heterocycles. The van der Waals surface area contributed by atoms with Crippen molar-refractivity contribution in [2.45, 2.75) is 12.8 Å². The molecule has 142 valence electrons. The normalized spacial score (nSPS) is 14.8. The van der Waals surface area contributed by atoms with Crippen molar-refractivity contribution < 1.29 is 9.59 Å². The van der Waals surface area contributed by atoms with Crippen molar-refractivity contribution in [1.82, 2.24) is 9.80 Å². The van der Waals surface area contributed by atoms with Crippen molar-refractivity contribution in [1.29, 1.82) is 0 Å². The summed E-state index contributed by atoms with van der Waals surface area (Å²) in [7, 11) is 2.06. The lowest BCUT2D eigenvalue weighted by atomic mass is 10.1. The first-order valence-corrected chi connectivity index (χ1v) is 9.23. The fourth-order valence-electron chi connectivity index (χ4n) is 3.09. The van der Waals surface area contributed by atoms with E-state index >= 15 is 0 Å². The summed E-state index contributed by atoms with van der Waals surface area (Å²) in [5.41, 5.74) is 8.71. The Bertz CT molecular complexity index is 796. The first-order chi connectivity index (χ1) is 13.0. The maximum Gasteiger partial charge on any atom is 0.254 e. The summed E-state index contributed by atoms with van der Waals surface area (Å²) in [6, 6.07) is 14.7. The first kappa shape index (κ1) is 18.9. The molecule has 0 bridgehead atoms. The van der Waals surface area contributed by atoms with Crippen LogP contribution < -0.4 is 11.1 Å². The number of anilines is 2. The van der Waals surface area contributed by atoms with Gasteiger partial charge in [-0.2, -0.15) is 0 Å². The quantitative estimate of drug-likeness (QED) is 0.796. The average Bonchev–Trinajstić information content (AvgIpc) is 2.68. The highest BCUT2D eigenvalue weighted by Gasteiger charge is 2.20. The number of piperazine rings is 1. The molecule has 1 fully saturated rings. The van der Waals surface area contributed by atoms with Crippen LogP contribution in [0.4, 0.5) is 11.4 Å². The van der Waals surface area contributed by atoms with Gasteiger partial charge >= 0.3 is 0 Å². The van der Waals surface area contributed by atoms with Crippen LogP contribution >= 0.6 is 0 Å². The maximum absolute atomic E-state index is 12.7. The smallest absolute Gasteiger partial charge is 0.254 e. The number of hydrogen-bond acceptors (Lipinski definition) is 4. The van der Waals surface area contributed by atoms with Crippen LogP contribution in [0.1, 0.15) is 22.3 Å². The van der Waals surface area contributed by atoms with Crippen molar-refractivity contribution in [3.63, 3.8) is 0 Å². The van der Waals surface area contributed by atoms with E-state index in [0.29, 0.717) is 29.8 Å². The molecule has 0 aliphatic carbocycles. The monoisotopic (exact) mass is 366 g/mol. The van der Waals surface area contributed by atoms with Crippen molar-refractivity contribution >= 4 is 23.2 Å². The molecule has 1 saturated heterocycles. The van der Waals surface area contributed by atoms with E-state index in [9.17, 15) is 9.59 Å². The van der Waals surface area contributed by atoms with Gasteiger partial charge in [-0.25, -0.2) is 0 Å². The third-order valence-corrected chi connectivity index (χ3v) is 4.80. The van der Waals surface area contributed by atoms with Gasteiger partial charge in [0.1, 0.15) is 0 Å². The summed E-state index contributed by atoms with van der Waals surface area (Å²) in [6.45, 7) is 3.22. The van der Waals surface area contributed by atoms with Gasteiger partial charge in [-0.15, -0.1) is 0 Å². The molecule has 1 aliphatic rings. The van der Waals surface area contributed by atoms with Gasteiger partial charge in [0.25, 0.3) is 5.91 Å². The number of carbonyl (C=O) groups is 2. The molecule has 6 nitrogen and oxygen atoms in total. The molecule has 3 rings (SSSR count). The third-order valence-electron chi connectivity index (χ3n) is 4.80. The number of amides is 2. The second-order valence-electron chi connectivity index (χ2n) is 6.97. The lowest BCUT2D eigenvalue weighted by molar-refractivity contribution is -0.116. The Morgan fingerprint density at radius 1 is 1.04 bits per heavy atom. The minimum atomic E-state index is -0.0731. The lowest BCUT2D eigenvalue weighted by Gasteiger charge is -2.32. The Balaban J connectivity index is 1.55. The van der Waals surface area contributed by atoms with E-state index in [0.717, 1.165) is 31.7 Å². The summed E-state index contributed by atoms with van der Waals surface area (Å²) < 4.78 is 0. The highest BCUT2D eigenvalue weighted by atomic mass is 16.2. The first-order valence-electron chi connectivity index (χ1n) is 9.23. The number of nitrogens with one attached hydrogen (secondary N) is 1. The van der Waals surface area contributed by atoms with Gasteiger partial charge in [-0.1, -0.05) is 18.2 Å². The van der Waals surface area contributed by atoms with E-state index in [1.807, 2.05) is 35.2 Å². The van der Waals surface area contributed by atoms with Crippen molar-refractivity contribution in [3.05, 3.63) is 59.7 Å². The summed E-state index contributed by atoms with van der Waals surface area (Å²) in [5, 5.41) is 2.89. The van der Waals surface area contributed by atoms with Crippen LogP contribution in [0, 0.1) is 0 Å². The highest BCUT2D eigenvalue weighted by Crippen LogP contribution is 2.15. The SMILES string of the molecule is CN1CCN(C(=O)c2cccc(NC(=O)CCc3ccc(N)cc3)c2)CC1. The summed E-state index contributed by atoms with van der Waals surface area (Å²) in [5.74, 6) is -0.0582. The van der Waals surface area contributed by atoms with Gasteiger partial charge in [0.05, 0.1) is 0 Å². The molecule has 0 atom stereocenters. The second kappa shape index (κ2) is 8.68. The Kier molecular flexibility index (Phi) is 6.08. The number of carbonyl (C=O) groups excluding carboxylic acids is 2. The van der Waals surface area contributed by atoms with Gasteiger partial charge in [-0.3, -0.25) is 9.59 Å². The van der Waals surface area contributed by atoms with Gasteiger partial charge in [0, 0.05) is 49.5 Å². The van der Waals surface area contributed by atoms with Crippen molar-refractivity contribution in [2.75, 3.05) is 44.3 Å². The van der Waals surface area contributed by atoms with E-state index in [1.165, 1.54) is 0 Å². The highest BCUT2D eigenvalue weighted by molar-refractivity contribution is 5.97. The maximum atomic E-state index is 12.7. The summed E-state index contributed by atoms with van der Waals surface area (Å²) >= 11 is 0. The predicted octanol–water partition coefficient (Wildman–Crippen LogP) is 2.23. The fourth-order valence-corrected chi connectivity index (χ4v) is 3.09. The second-order valence-corrected chi connectivity index (χ2v) is 6.97. The van der Waals surface area contributed by atoms with Crippen LogP contribution in [-0.2, 0) is 11.2 Å². The van der Waals surface area contributed by atoms with Crippen LogP contribution in [0.5, 0.6) is 0 Å². The molecular weight excluding hydrogens is 340 g/mol. The zero-order valence-electron chi connectivity index (χ0n) is 15.6. The number of nitrogens with two attached hydrogens (primary N) is 1.